The van der Waals surface area contributed by atoms with Crippen LogP contribution in [0.1, 0.15) is 24.1 Å². The Morgan fingerprint density at radius 1 is 1.29 bits per heavy atom. The molecule has 1 aromatic carbocycles. The van der Waals surface area contributed by atoms with Gasteiger partial charge in [-0.25, -0.2) is 9.48 Å². The number of anilines is 1. The van der Waals surface area contributed by atoms with Crippen molar-refractivity contribution in [2.24, 2.45) is 0 Å². The van der Waals surface area contributed by atoms with Gasteiger partial charge in [-0.1, -0.05) is 18.1 Å². The van der Waals surface area contributed by atoms with Crippen LogP contribution in [0.15, 0.2) is 47.1 Å². The molecule has 2 aromatic heterocycles. The van der Waals surface area contributed by atoms with Crippen molar-refractivity contribution < 1.29 is 9.32 Å². The summed E-state index contributed by atoms with van der Waals surface area (Å²) in [5, 5.41) is 13.7. The summed E-state index contributed by atoms with van der Waals surface area (Å²) < 4.78 is 6.94. The van der Waals surface area contributed by atoms with E-state index in [1.807, 2.05) is 54.9 Å². The van der Waals surface area contributed by atoms with Crippen LogP contribution in [0.5, 0.6) is 0 Å². The predicted molar refractivity (Wildman–Crippen MR) is 90.0 cm³/mol. The summed E-state index contributed by atoms with van der Waals surface area (Å²) in [7, 11) is 0. The SMILES string of the molecule is CCc1cc(CNC(=O)Nc2cccc(-n3nccc3C)c2)on1. The van der Waals surface area contributed by atoms with E-state index in [4.69, 9.17) is 4.52 Å². The Bertz CT molecular complexity index is 837. The lowest BCUT2D eigenvalue weighted by molar-refractivity contribution is 0.250. The highest BCUT2D eigenvalue weighted by molar-refractivity contribution is 5.89. The van der Waals surface area contributed by atoms with Gasteiger partial charge in [-0.2, -0.15) is 5.10 Å². The van der Waals surface area contributed by atoms with Gasteiger partial charge in [0.25, 0.3) is 0 Å². The maximum Gasteiger partial charge on any atom is 0.319 e. The highest BCUT2D eigenvalue weighted by Crippen LogP contribution is 2.15. The van der Waals surface area contributed by atoms with Crippen molar-refractivity contribution in [3.05, 3.63) is 59.7 Å². The van der Waals surface area contributed by atoms with E-state index in [0.717, 1.165) is 23.5 Å². The van der Waals surface area contributed by atoms with Crippen LogP contribution in [0.3, 0.4) is 0 Å². The molecule has 0 aliphatic heterocycles. The second-order valence-electron chi connectivity index (χ2n) is 5.38. The van der Waals surface area contributed by atoms with E-state index in [2.05, 4.69) is 20.9 Å². The number of urea groups is 1. The zero-order valence-corrected chi connectivity index (χ0v) is 13.6. The zero-order chi connectivity index (χ0) is 16.9. The third kappa shape index (κ3) is 3.62. The molecule has 24 heavy (non-hydrogen) atoms. The second-order valence-corrected chi connectivity index (χ2v) is 5.38. The minimum atomic E-state index is -0.307. The van der Waals surface area contributed by atoms with Crippen LogP contribution < -0.4 is 10.6 Å². The fourth-order valence-corrected chi connectivity index (χ4v) is 2.30. The van der Waals surface area contributed by atoms with Crippen molar-refractivity contribution in [2.45, 2.75) is 26.8 Å². The summed E-state index contributed by atoms with van der Waals surface area (Å²) in [6.07, 6.45) is 2.54. The summed E-state index contributed by atoms with van der Waals surface area (Å²) in [4.78, 5) is 12.0. The first-order chi connectivity index (χ1) is 11.7. The normalized spacial score (nSPS) is 10.6. The Labute approximate surface area is 139 Å². The number of benzene rings is 1. The largest absolute Gasteiger partial charge is 0.359 e. The van der Waals surface area contributed by atoms with Crippen molar-refractivity contribution in [3.8, 4) is 5.69 Å². The van der Waals surface area contributed by atoms with Crippen LogP contribution in [0, 0.1) is 6.92 Å². The van der Waals surface area contributed by atoms with Crippen molar-refractivity contribution in [1.29, 1.82) is 0 Å². The number of nitrogens with one attached hydrogen (secondary N) is 2. The van der Waals surface area contributed by atoms with Crippen LogP contribution in [-0.4, -0.2) is 21.0 Å². The molecule has 7 heteroatoms. The van der Waals surface area contributed by atoms with Gasteiger partial charge < -0.3 is 15.2 Å². The maximum absolute atomic E-state index is 12.0. The first kappa shape index (κ1) is 15.8. The number of rotatable bonds is 5. The Kier molecular flexibility index (Phi) is 4.60. The number of carbonyl (C=O) groups is 1. The highest BCUT2D eigenvalue weighted by atomic mass is 16.5. The van der Waals surface area contributed by atoms with Crippen molar-refractivity contribution in [2.75, 3.05) is 5.32 Å². The molecular formula is C17H19N5O2. The molecule has 0 radical (unpaired) electrons. The molecule has 124 valence electrons. The molecule has 0 saturated carbocycles. The maximum atomic E-state index is 12.0. The number of aryl methyl sites for hydroxylation is 2. The first-order valence-electron chi connectivity index (χ1n) is 7.76. The topological polar surface area (TPSA) is 85.0 Å². The van der Waals surface area contributed by atoms with E-state index in [0.29, 0.717) is 11.4 Å². The number of carbonyl (C=O) groups excluding carboxylic acids is 1. The van der Waals surface area contributed by atoms with Gasteiger partial charge in [-0.15, -0.1) is 0 Å². The van der Waals surface area contributed by atoms with Crippen LogP contribution in [0.4, 0.5) is 10.5 Å². The third-order valence-electron chi connectivity index (χ3n) is 3.57. The zero-order valence-electron chi connectivity index (χ0n) is 13.6. The third-order valence-corrected chi connectivity index (χ3v) is 3.57. The number of hydrogen-bond acceptors (Lipinski definition) is 4. The van der Waals surface area contributed by atoms with E-state index in [9.17, 15) is 4.79 Å². The molecule has 0 aliphatic carbocycles. The molecule has 2 heterocycles. The minimum Gasteiger partial charge on any atom is -0.359 e. The van der Waals surface area contributed by atoms with Gasteiger partial charge in [-0.3, -0.25) is 0 Å². The highest BCUT2D eigenvalue weighted by Gasteiger charge is 2.07. The van der Waals surface area contributed by atoms with E-state index in [1.54, 1.807) is 6.20 Å². The lowest BCUT2D eigenvalue weighted by atomic mass is 10.2. The molecular weight excluding hydrogens is 306 g/mol. The summed E-state index contributed by atoms with van der Waals surface area (Å²) in [5.41, 5.74) is 3.47. The van der Waals surface area contributed by atoms with Gasteiger partial charge in [0, 0.05) is 23.6 Å². The summed E-state index contributed by atoms with van der Waals surface area (Å²) in [6, 6.07) is 10.9. The van der Waals surface area contributed by atoms with Gasteiger partial charge in [0.05, 0.1) is 17.9 Å². The number of hydrogen-bond donors (Lipinski definition) is 2. The summed E-state index contributed by atoms with van der Waals surface area (Å²) in [6.45, 7) is 4.26. The second kappa shape index (κ2) is 6.99. The molecule has 3 rings (SSSR count). The first-order valence-corrected chi connectivity index (χ1v) is 7.76. The van der Waals surface area contributed by atoms with Gasteiger partial charge >= 0.3 is 6.03 Å². The average Bonchev–Trinajstić information content (AvgIpc) is 3.22. The fourth-order valence-electron chi connectivity index (χ4n) is 2.30. The Morgan fingerprint density at radius 3 is 2.88 bits per heavy atom. The number of nitrogens with zero attached hydrogens (tertiary/aromatic N) is 3. The molecule has 0 bridgehead atoms. The fraction of sp³-hybridized carbons (Fsp3) is 0.235. The summed E-state index contributed by atoms with van der Waals surface area (Å²) >= 11 is 0. The Balaban J connectivity index is 1.61. The molecule has 0 unspecified atom stereocenters. The van der Waals surface area contributed by atoms with Crippen LogP contribution in [-0.2, 0) is 13.0 Å². The van der Waals surface area contributed by atoms with E-state index in [1.165, 1.54) is 0 Å². The Hall–Kier alpha value is -3.09. The van der Waals surface area contributed by atoms with Gasteiger partial charge in [0.1, 0.15) is 0 Å². The average molecular weight is 325 g/mol. The van der Waals surface area contributed by atoms with Crippen LogP contribution >= 0.6 is 0 Å². The van der Waals surface area contributed by atoms with E-state index >= 15 is 0 Å². The van der Waals surface area contributed by atoms with Crippen molar-refractivity contribution >= 4 is 11.7 Å². The van der Waals surface area contributed by atoms with Crippen LogP contribution in [0.2, 0.25) is 0 Å². The molecule has 0 spiro atoms. The lowest BCUT2D eigenvalue weighted by Gasteiger charge is -2.09. The molecule has 0 fully saturated rings. The van der Waals surface area contributed by atoms with E-state index < -0.39 is 0 Å². The van der Waals surface area contributed by atoms with Crippen molar-refractivity contribution in [3.63, 3.8) is 0 Å². The van der Waals surface area contributed by atoms with Crippen LogP contribution in [0.25, 0.3) is 5.69 Å². The molecule has 0 atom stereocenters. The van der Waals surface area contributed by atoms with Crippen molar-refractivity contribution in [1.82, 2.24) is 20.3 Å². The van der Waals surface area contributed by atoms with Gasteiger partial charge in [0.15, 0.2) is 5.76 Å². The standard InChI is InChI=1S/C17H19N5O2/c1-3-13-10-16(24-21-13)11-18-17(23)20-14-5-4-6-15(9-14)22-12(2)7-8-19-22/h4-10H,3,11H2,1-2H3,(H2,18,20,23). The Morgan fingerprint density at radius 2 is 2.17 bits per heavy atom. The van der Waals surface area contributed by atoms with E-state index in [-0.39, 0.29) is 12.6 Å². The molecule has 0 aliphatic rings. The lowest BCUT2D eigenvalue weighted by Crippen LogP contribution is -2.28. The van der Waals surface area contributed by atoms with Gasteiger partial charge in [-0.05, 0) is 37.6 Å². The monoisotopic (exact) mass is 325 g/mol. The quantitative estimate of drug-likeness (QED) is 0.755. The number of aromatic nitrogens is 3. The minimum absolute atomic E-state index is 0.288. The molecule has 0 saturated heterocycles. The summed E-state index contributed by atoms with van der Waals surface area (Å²) in [5.74, 6) is 0.628. The smallest absolute Gasteiger partial charge is 0.319 e. The van der Waals surface area contributed by atoms with Gasteiger partial charge in [0.2, 0.25) is 0 Å². The molecule has 3 aromatic rings. The predicted octanol–water partition coefficient (Wildman–Crippen LogP) is 3.05. The molecule has 2 N–H and O–H groups in total. The molecule has 2 amide bonds. The number of amides is 2. The molecule has 7 nitrogen and oxygen atoms in total.